The van der Waals surface area contributed by atoms with Crippen LogP contribution in [0.2, 0.25) is 0 Å². The maximum absolute atomic E-state index is 13.0. The predicted molar refractivity (Wildman–Crippen MR) is 87.8 cm³/mol. The summed E-state index contributed by atoms with van der Waals surface area (Å²) >= 11 is 0. The standard InChI is InChI=1S/C18H13FN2O4/c1-11(22)25-15-4-2-3-12(9-15)10-16-17(23)20-21(18(16)24)14-7-5-13(19)6-8-14/h2-10H,1H3,(H,20,23)/b16-10+. The number of halogens is 1. The highest BCUT2D eigenvalue weighted by molar-refractivity contribution is 6.31. The molecule has 126 valence electrons. The first-order valence-electron chi connectivity index (χ1n) is 7.35. The number of hydrogen-bond acceptors (Lipinski definition) is 4. The second-order valence-electron chi connectivity index (χ2n) is 5.28. The number of nitrogens with zero attached hydrogens (tertiary/aromatic N) is 1. The van der Waals surface area contributed by atoms with Gasteiger partial charge in [0.2, 0.25) is 0 Å². The van der Waals surface area contributed by atoms with Crippen LogP contribution in [0, 0.1) is 5.82 Å². The number of nitrogens with one attached hydrogen (secondary N) is 1. The van der Waals surface area contributed by atoms with E-state index in [4.69, 9.17) is 4.74 Å². The Kier molecular flexibility index (Phi) is 4.30. The van der Waals surface area contributed by atoms with Crippen molar-refractivity contribution < 1.29 is 23.5 Å². The zero-order valence-electron chi connectivity index (χ0n) is 13.2. The van der Waals surface area contributed by atoms with E-state index in [1.807, 2.05) is 0 Å². The maximum atomic E-state index is 13.0. The summed E-state index contributed by atoms with van der Waals surface area (Å²) < 4.78 is 18.0. The van der Waals surface area contributed by atoms with Gasteiger partial charge >= 0.3 is 5.97 Å². The van der Waals surface area contributed by atoms with E-state index >= 15 is 0 Å². The number of benzene rings is 2. The Morgan fingerprint density at radius 2 is 1.88 bits per heavy atom. The van der Waals surface area contributed by atoms with Gasteiger partial charge in [0.25, 0.3) is 11.8 Å². The van der Waals surface area contributed by atoms with Gasteiger partial charge in [-0.1, -0.05) is 12.1 Å². The Hall–Kier alpha value is -3.48. The lowest BCUT2D eigenvalue weighted by Gasteiger charge is -2.14. The lowest BCUT2D eigenvalue weighted by atomic mass is 10.1. The van der Waals surface area contributed by atoms with E-state index in [1.54, 1.807) is 18.2 Å². The molecule has 1 aliphatic rings. The van der Waals surface area contributed by atoms with Crippen molar-refractivity contribution in [3.63, 3.8) is 0 Å². The van der Waals surface area contributed by atoms with Crippen molar-refractivity contribution in [1.29, 1.82) is 0 Å². The summed E-state index contributed by atoms with van der Waals surface area (Å²) in [5.74, 6) is -1.74. The van der Waals surface area contributed by atoms with Crippen LogP contribution in [0.1, 0.15) is 12.5 Å². The quantitative estimate of drug-likeness (QED) is 0.402. The van der Waals surface area contributed by atoms with Gasteiger partial charge in [-0.25, -0.2) is 9.40 Å². The third-order valence-corrected chi connectivity index (χ3v) is 3.41. The molecule has 2 aromatic carbocycles. The van der Waals surface area contributed by atoms with Crippen LogP contribution in [0.15, 0.2) is 54.1 Å². The van der Waals surface area contributed by atoms with Gasteiger partial charge in [0.05, 0.1) is 5.69 Å². The van der Waals surface area contributed by atoms with Gasteiger partial charge in [0.15, 0.2) is 0 Å². The minimum atomic E-state index is -0.577. The molecule has 0 unspecified atom stereocenters. The molecule has 7 heteroatoms. The molecular formula is C18H13FN2O4. The van der Waals surface area contributed by atoms with E-state index in [2.05, 4.69) is 5.43 Å². The fourth-order valence-corrected chi connectivity index (χ4v) is 2.33. The van der Waals surface area contributed by atoms with Crippen molar-refractivity contribution >= 4 is 29.5 Å². The number of carbonyl (C=O) groups excluding carboxylic acids is 3. The average Bonchev–Trinajstić information content (AvgIpc) is 2.83. The summed E-state index contributed by atoms with van der Waals surface area (Å²) in [6.45, 7) is 1.28. The van der Waals surface area contributed by atoms with Crippen molar-refractivity contribution in [2.45, 2.75) is 6.92 Å². The van der Waals surface area contributed by atoms with Crippen molar-refractivity contribution in [1.82, 2.24) is 5.43 Å². The summed E-state index contributed by atoms with van der Waals surface area (Å²) in [6.07, 6.45) is 1.40. The Bertz CT molecular complexity index is 890. The largest absolute Gasteiger partial charge is 0.427 e. The minimum absolute atomic E-state index is 0.0794. The smallest absolute Gasteiger partial charge is 0.308 e. The van der Waals surface area contributed by atoms with Gasteiger partial charge in [0, 0.05) is 6.92 Å². The molecule has 1 fully saturated rings. The second kappa shape index (κ2) is 6.56. The molecule has 0 radical (unpaired) electrons. The van der Waals surface area contributed by atoms with Crippen LogP contribution in [0.4, 0.5) is 10.1 Å². The number of amides is 2. The first kappa shape index (κ1) is 16.4. The molecule has 0 bridgehead atoms. The number of carbonyl (C=O) groups is 3. The molecule has 1 saturated heterocycles. The summed E-state index contributed by atoms with van der Waals surface area (Å²) in [4.78, 5) is 35.6. The second-order valence-corrected chi connectivity index (χ2v) is 5.28. The summed E-state index contributed by atoms with van der Waals surface area (Å²) in [5.41, 5.74) is 3.22. The number of rotatable bonds is 3. The van der Waals surface area contributed by atoms with E-state index in [0.29, 0.717) is 17.0 Å². The lowest BCUT2D eigenvalue weighted by molar-refractivity contribution is -0.132. The fourth-order valence-electron chi connectivity index (χ4n) is 2.33. The topological polar surface area (TPSA) is 75.7 Å². The van der Waals surface area contributed by atoms with Crippen LogP contribution in [0.25, 0.3) is 6.08 Å². The molecule has 1 heterocycles. The van der Waals surface area contributed by atoms with Crippen LogP contribution in [-0.4, -0.2) is 17.8 Å². The van der Waals surface area contributed by atoms with Crippen molar-refractivity contribution in [3.8, 4) is 5.75 Å². The molecule has 6 nitrogen and oxygen atoms in total. The lowest BCUT2D eigenvalue weighted by Crippen LogP contribution is -2.35. The first-order chi connectivity index (χ1) is 11.9. The third kappa shape index (κ3) is 3.55. The Morgan fingerprint density at radius 3 is 2.56 bits per heavy atom. The Balaban J connectivity index is 1.88. The highest BCUT2D eigenvalue weighted by Crippen LogP contribution is 2.23. The molecule has 0 spiro atoms. The molecule has 1 N–H and O–H groups in total. The van der Waals surface area contributed by atoms with E-state index in [-0.39, 0.29) is 5.57 Å². The number of hydrazine groups is 1. The van der Waals surface area contributed by atoms with Gasteiger partial charge in [-0.2, -0.15) is 0 Å². The van der Waals surface area contributed by atoms with Gasteiger partial charge in [-0.3, -0.25) is 19.8 Å². The molecule has 0 saturated carbocycles. The molecular weight excluding hydrogens is 327 g/mol. The highest BCUT2D eigenvalue weighted by atomic mass is 19.1. The van der Waals surface area contributed by atoms with Crippen LogP contribution < -0.4 is 15.2 Å². The molecule has 3 rings (SSSR count). The van der Waals surface area contributed by atoms with Crippen LogP contribution in [0.3, 0.4) is 0 Å². The van der Waals surface area contributed by atoms with Gasteiger partial charge in [0.1, 0.15) is 17.1 Å². The zero-order chi connectivity index (χ0) is 18.0. The van der Waals surface area contributed by atoms with Gasteiger partial charge in [-0.05, 0) is 48.0 Å². The number of esters is 1. The van der Waals surface area contributed by atoms with E-state index < -0.39 is 23.6 Å². The molecule has 0 atom stereocenters. The predicted octanol–water partition coefficient (Wildman–Crippen LogP) is 2.21. The fraction of sp³-hybridized carbons (Fsp3) is 0.0556. The molecule has 1 aliphatic heterocycles. The highest BCUT2D eigenvalue weighted by Gasteiger charge is 2.34. The molecule has 2 amide bonds. The number of ether oxygens (including phenoxy) is 1. The monoisotopic (exact) mass is 340 g/mol. The van der Waals surface area contributed by atoms with Crippen molar-refractivity contribution in [2.24, 2.45) is 0 Å². The van der Waals surface area contributed by atoms with E-state index in [1.165, 1.54) is 43.3 Å². The molecule has 25 heavy (non-hydrogen) atoms. The summed E-state index contributed by atoms with van der Waals surface area (Å²) in [6, 6.07) is 11.6. The van der Waals surface area contributed by atoms with Crippen molar-refractivity contribution in [3.05, 3.63) is 65.5 Å². The van der Waals surface area contributed by atoms with Gasteiger partial charge < -0.3 is 4.74 Å². The molecule has 0 aromatic heterocycles. The number of hydrogen-bond donors (Lipinski definition) is 1. The Morgan fingerprint density at radius 1 is 1.16 bits per heavy atom. The number of anilines is 1. The molecule has 2 aromatic rings. The van der Waals surface area contributed by atoms with Crippen LogP contribution >= 0.6 is 0 Å². The Labute approximate surface area is 142 Å². The first-order valence-corrected chi connectivity index (χ1v) is 7.35. The minimum Gasteiger partial charge on any atom is -0.427 e. The maximum Gasteiger partial charge on any atom is 0.308 e. The molecule has 0 aliphatic carbocycles. The zero-order valence-corrected chi connectivity index (χ0v) is 13.2. The average molecular weight is 340 g/mol. The van der Waals surface area contributed by atoms with Crippen molar-refractivity contribution in [2.75, 3.05) is 5.01 Å². The summed E-state index contributed by atoms with van der Waals surface area (Å²) in [7, 11) is 0. The third-order valence-electron chi connectivity index (χ3n) is 3.41. The summed E-state index contributed by atoms with van der Waals surface area (Å²) in [5, 5.41) is 1.05. The SMILES string of the molecule is CC(=O)Oc1cccc(/C=C2\C(=O)NN(c3ccc(F)cc3)C2=O)c1. The van der Waals surface area contributed by atoms with Crippen LogP contribution in [-0.2, 0) is 14.4 Å². The van der Waals surface area contributed by atoms with E-state index in [9.17, 15) is 18.8 Å². The van der Waals surface area contributed by atoms with Gasteiger partial charge in [-0.15, -0.1) is 0 Å². The normalized spacial score (nSPS) is 15.4. The van der Waals surface area contributed by atoms with E-state index in [0.717, 1.165) is 5.01 Å². The van der Waals surface area contributed by atoms with Crippen LogP contribution in [0.5, 0.6) is 5.75 Å².